The molecule has 0 aliphatic rings. The number of benzene rings is 1. The number of nitrogens with zero attached hydrogens (tertiary/aromatic N) is 1. The van der Waals surface area contributed by atoms with Crippen LogP contribution in [0.3, 0.4) is 0 Å². The Hall–Kier alpha value is -1.52. The molecule has 4 N–H and O–H groups in total. The predicted molar refractivity (Wildman–Crippen MR) is 74.9 cm³/mol. The first kappa shape index (κ1) is 12.9. The molecule has 0 aliphatic carbocycles. The summed E-state index contributed by atoms with van der Waals surface area (Å²) in [6, 6.07) is 6.18. The molecule has 1 aromatic heterocycles. The van der Waals surface area contributed by atoms with E-state index in [1.807, 2.05) is 6.07 Å². The summed E-state index contributed by atoms with van der Waals surface area (Å²) in [6.07, 6.45) is 4.06. The van der Waals surface area contributed by atoms with Crippen molar-refractivity contribution < 1.29 is 4.74 Å². The maximum atomic E-state index is 5.67. The van der Waals surface area contributed by atoms with E-state index < -0.39 is 0 Å². The van der Waals surface area contributed by atoms with Crippen molar-refractivity contribution in [3.05, 3.63) is 30.0 Å². The zero-order valence-electron chi connectivity index (χ0n) is 10.9. The van der Waals surface area contributed by atoms with Crippen LogP contribution >= 0.6 is 0 Å². The maximum absolute atomic E-state index is 5.67. The summed E-state index contributed by atoms with van der Waals surface area (Å²) < 4.78 is 7.54. The molecule has 98 valence electrons. The summed E-state index contributed by atoms with van der Waals surface area (Å²) in [5.74, 6) is 0.886. The van der Waals surface area contributed by atoms with Crippen LogP contribution in [-0.2, 0) is 13.0 Å². The quantitative estimate of drug-likeness (QED) is 0.813. The molecule has 0 fully saturated rings. The molecule has 0 radical (unpaired) electrons. The van der Waals surface area contributed by atoms with Crippen molar-refractivity contribution in [2.24, 2.45) is 11.5 Å². The summed E-state index contributed by atoms with van der Waals surface area (Å²) in [5.41, 5.74) is 13.8. The SMILES string of the molecule is COc1ccc2c(c1)c(CCN)cn2CCCN. The predicted octanol–water partition coefficient (Wildman–Crippen LogP) is 1.50. The number of fused-ring (bicyclic) bond motifs is 1. The fourth-order valence-corrected chi connectivity index (χ4v) is 2.28. The van der Waals surface area contributed by atoms with Gasteiger partial charge in [0.15, 0.2) is 0 Å². The Labute approximate surface area is 108 Å². The lowest BCUT2D eigenvalue weighted by Gasteiger charge is -2.04. The molecule has 1 heterocycles. The Morgan fingerprint density at radius 1 is 1.22 bits per heavy atom. The summed E-state index contributed by atoms with van der Waals surface area (Å²) in [5, 5.41) is 1.23. The highest BCUT2D eigenvalue weighted by Crippen LogP contribution is 2.26. The first-order valence-corrected chi connectivity index (χ1v) is 6.36. The fraction of sp³-hybridized carbons (Fsp3) is 0.429. The number of aromatic nitrogens is 1. The average molecular weight is 247 g/mol. The van der Waals surface area contributed by atoms with Crippen LogP contribution in [0.5, 0.6) is 5.75 Å². The van der Waals surface area contributed by atoms with Crippen LogP contribution in [0, 0.1) is 0 Å². The Bertz CT molecular complexity index is 519. The zero-order chi connectivity index (χ0) is 13.0. The van der Waals surface area contributed by atoms with E-state index in [1.54, 1.807) is 7.11 Å². The average Bonchev–Trinajstić information content (AvgIpc) is 2.74. The van der Waals surface area contributed by atoms with Gasteiger partial charge in [0.2, 0.25) is 0 Å². The largest absolute Gasteiger partial charge is 0.497 e. The van der Waals surface area contributed by atoms with Gasteiger partial charge in [0.25, 0.3) is 0 Å². The fourth-order valence-electron chi connectivity index (χ4n) is 2.28. The van der Waals surface area contributed by atoms with Crippen molar-refractivity contribution in [2.75, 3.05) is 20.2 Å². The van der Waals surface area contributed by atoms with Gasteiger partial charge in [0, 0.05) is 23.6 Å². The second kappa shape index (κ2) is 5.89. The van der Waals surface area contributed by atoms with E-state index >= 15 is 0 Å². The lowest BCUT2D eigenvalue weighted by atomic mass is 10.1. The van der Waals surface area contributed by atoms with Gasteiger partial charge in [-0.15, -0.1) is 0 Å². The van der Waals surface area contributed by atoms with Crippen molar-refractivity contribution in [2.45, 2.75) is 19.4 Å². The van der Waals surface area contributed by atoms with Crippen LogP contribution in [0.2, 0.25) is 0 Å². The van der Waals surface area contributed by atoms with E-state index in [0.717, 1.165) is 25.1 Å². The summed E-state index contributed by atoms with van der Waals surface area (Å²) in [6.45, 7) is 2.32. The maximum Gasteiger partial charge on any atom is 0.119 e. The first-order valence-electron chi connectivity index (χ1n) is 6.36. The topological polar surface area (TPSA) is 66.2 Å². The Morgan fingerprint density at radius 3 is 2.72 bits per heavy atom. The minimum Gasteiger partial charge on any atom is -0.497 e. The lowest BCUT2D eigenvalue weighted by molar-refractivity contribution is 0.415. The molecule has 4 nitrogen and oxygen atoms in total. The van der Waals surface area contributed by atoms with Crippen molar-refractivity contribution in [1.82, 2.24) is 4.57 Å². The van der Waals surface area contributed by atoms with Crippen molar-refractivity contribution in [1.29, 1.82) is 0 Å². The van der Waals surface area contributed by atoms with Gasteiger partial charge in [-0.3, -0.25) is 0 Å². The number of methoxy groups -OCH3 is 1. The Kier molecular flexibility index (Phi) is 4.23. The summed E-state index contributed by atoms with van der Waals surface area (Å²) in [7, 11) is 1.69. The third-order valence-corrected chi connectivity index (χ3v) is 3.19. The molecule has 1 aromatic carbocycles. The van der Waals surface area contributed by atoms with Crippen molar-refractivity contribution >= 4 is 10.9 Å². The van der Waals surface area contributed by atoms with Crippen molar-refractivity contribution in [3.63, 3.8) is 0 Å². The normalized spacial score (nSPS) is 11.1. The minimum atomic E-state index is 0.660. The first-order chi connectivity index (χ1) is 8.80. The van der Waals surface area contributed by atoms with Crippen LogP contribution in [0.25, 0.3) is 10.9 Å². The second-order valence-corrected chi connectivity index (χ2v) is 4.41. The highest BCUT2D eigenvalue weighted by molar-refractivity contribution is 5.85. The number of aryl methyl sites for hydroxylation is 1. The number of hydrogen-bond donors (Lipinski definition) is 2. The Balaban J connectivity index is 2.45. The van der Waals surface area contributed by atoms with Gasteiger partial charge in [0.1, 0.15) is 5.75 Å². The molecule has 0 saturated carbocycles. The molecule has 4 heteroatoms. The molecule has 2 rings (SSSR count). The molecule has 18 heavy (non-hydrogen) atoms. The molecule has 0 unspecified atom stereocenters. The van der Waals surface area contributed by atoms with Gasteiger partial charge in [0.05, 0.1) is 7.11 Å². The number of ether oxygens (including phenoxy) is 1. The Morgan fingerprint density at radius 2 is 2.06 bits per heavy atom. The van der Waals surface area contributed by atoms with Gasteiger partial charge in [-0.05, 0) is 49.7 Å². The monoisotopic (exact) mass is 247 g/mol. The second-order valence-electron chi connectivity index (χ2n) is 4.41. The summed E-state index contributed by atoms with van der Waals surface area (Å²) in [4.78, 5) is 0. The molecular formula is C14H21N3O. The van der Waals surface area contributed by atoms with Crippen LogP contribution in [0.4, 0.5) is 0 Å². The third-order valence-electron chi connectivity index (χ3n) is 3.19. The summed E-state index contributed by atoms with van der Waals surface area (Å²) >= 11 is 0. The van der Waals surface area contributed by atoms with Gasteiger partial charge >= 0.3 is 0 Å². The van der Waals surface area contributed by atoms with Crippen LogP contribution in [0.1, 0.15) is 12.0 Å². The molecule has 0 amide bonds. The molecule has 0 atom stereocenters. The van der Waals surface area contributed by atoms with E-state index in [2.05, 4.69) is 22.9 Å². The van der Waals surface area contributed by atoms with E-state index in [0.29, 0.717) is 13.1 Å². The van der Waals surface area contributed by atoms with E-state index in [4.69, 9.17) is 16.2 Å². The highest BCUT2D eigenvalue weighted by atomic mass is 16.5. The zero-order valence-corrected chi connectivity index (χ0v) is 10.9. The van der Waals surface area contributed by atoms with Crippen LogP contribution < -0.4 is 16.2 Å². The molecule has 2 aromatic rings. The van der Waals surface area contributed by atoms with E-state index in [-0.39, 0.29) is 0 Å². The van der Waals surface area contributed by atoms with Crippen LogP contribution in [-0.4, -0.2) is 24.8 Å². The minimum absolute atomic E-state index is 0.660. The highest BCUT2D eigenvalue weighted by Gasteiger charge is 2.08. The smallest absolute Gasteiger partial charge is 0.119 e. The number of hydrogen-bond acceptors (Lipinski definition) is 3. The molecule has 0 spiro atoms. The van der Waals surface area contributed by atoms with Gasteiger partial charge in [-0.2, -0.15) is 0 Å². The van der Waals surface area contributed by atoms with Crippen molar-refractivity contribution in [3.8, 4) is 5.75 Å². The van der Waals surface area contributed by atoms with Crippen LogP contribution in [0.15, 0.2) is 24.4 Å². The van der Waals surface area contributed by atoms with Gasteiger partial charge in [-0.25, -0.2) is 0 Å². The number of rotatable bonds is 6. The number of nitrogens with two attached hydrogens (primary N) is 2. The molecule has 0 saturated heterocycles. The standard InChI is InChI=1S/C14H21N3O/c1-18-12-3-4-14-13(9-12)11(5-7-16)10-17(14)8-2-6-15/h3-4,9-10H,2,5-8,15-16H2,1H3. The lowest BCUT2D eigenvalue weighted by Crippen LogP contribution is -2.05. The third kappa shape index (κ3) is 2.49. The van der Waals surface area contributed by atoms with Gasteiger partial charge in [-0.1, -0.05) is 0 Å². The molecule has 0 aliphatic heterocycles. The van der Waals surface area contributed by atoms with E-state index in [9.17, 15) is 0 Å². The molecular weight excluding hydrogens is 226 g/mol. The van der Waals surface area contributed by atoms with E-state index in [1.165, 1.54) is 16.5 Å². The van der Waals surface area contributed by atoms with Gasteiger partial charge < -0.3 is 20.8 Å². The molecule has 0 bridgehead atoms.